The molecule has 0 saturated carbocycles. The van der Waals surface area contributed by atoms with Crippen LogP contribution in [0.3, 0.4) is 0 Å². The van der Waals surface area contributed by atoms with Crippen molar-refractivity contribution in [1.29, 1.82) is 0 Å². The Kier molecular flexibility index (Phi) is 11.5. The van der Waals surface area contributed by atoms with E-state index in [2.05, 4.69) is 5.32 Å². The summed E-state index contributed by atoms with van der Waals surface area (Å²) >= 11 is 25.2. The van der Waals surface area contributed by atoms with Gasteiger partial charge in [-0.05, 0) is 42.3 Å². The van der Waals surface area contributed by atoms with Gasteiger partial charge < -0.3 is 10.2 Å². The van der Waals surface area contributed by atoms with Gasteiger partial charge >= 0.3 is 0 Å². The van der Waals surface area contributed by atoms with E-state index in [9.17, 15) is 18.0 Å². The third-order valence-electron chi connectivity index (χ3n) is 6.24. The topological polar surface area (TPSA) is 86.8 Å². The molecule has 0 aromatic heterocycles. The fraction of sp³-hybridized carbons (Fsp3) is 0.286. The fourth-order valence-corrected chi connectivity index (χ4v) is 6.16. The summed E-state index contributed by atoms with van der Waals surface area (Å²) in [4.78, 5) is 28.3. The quantitative estimate of drug-likeness (QED) is 0.253. The maximum atomic E-state index is 13.8. The van der Waals surface area contributed by atoms with Crippen molar-refractivity contribution < 1.29 is 18.0 Å². The van der Waals surface area contributed by atoms with Gasteiger partial charge in [-0.2, -0.15) is 0 Å². The third-order valence-corrected chi connectivity index (χ3v) is 8.68. The number of benzene rings is 3. The molecule has 40 heavy (non-hydrogen) atoms. The molecule has 0 fully saturated rings. The van der Waals surface area contributed by atoms with Gasteiger partial charge in [-0.25, -0.2) is 8.42 Å². The first kappa shape index (κ1) is 32.0. The molecule has 1 N–H and O–H groups in total. The van der Waals surface area contributed by atoms with E-state index in [-0.39, 0.29) is 54.9 Å². The molecule has 3 rings (SSSR count). The molecule has 0 spiro atoms. The fourth-order valence-electron chi connectivity index (χ4n) is 4.23. The van der Waals surface area contributed by atoms with Crippen LogP contribution in [0.15, 0.2) is 66.7 Å². The zero-order valence-corrected chi connectivity index (χ0v) is 25.8. The molecule has 3 aromatic rings. The van der Waals surface area contributed by atoms with Crippen LogP contribution in [-0.2, 0) is 32.6 Å². The minimum Gasteiger partial charge on any atom is -0.357 e. The van der Waals surface area contributed by atoms with Gasteiger partial charge in [0.2, 0.25) is 21.8 Å². The maximum absolute atomic E-state index is 13.8. The van der Waals surface area contributed by atoms with E-state index in [0.717, 1.165) is 16.1 Å². The molecule has 0 aliphatic carbocycles. The summed E-state index contributed by atoms with van der Waals surface area (Å²) in [6.07, 6.45) is 1.39. The minimum absolute atomic E-state index is 0.0157. The molecule has 0 unspecified atom stereocenters. The number of carbonyl (C=O) groups excluding carboxylic acids is 2. The standard InChI is InChI=1S/C28H29Cl4N3O4S/c1-33-28(37)26(16-19-8-4-3-5-9-19)34(18-21-22(30)10-6-11-23(21)31)27(36)12-7-15-35(40(2,38)39)25-17-20(29)13-14-24(25)32/h3-6,8-11,13-14,17,26H,7,12,15-16,18H2,1-2H3,(H,33,37)/t26-/m1/s1. The van der Waals surface area contributed by atoms with E-state index >= 15 is 0 Å². The monoisotopic (exact) mass is 643 g/mol. The smallest absolute Gasteiger partial charge is 0.242 e. The molecule has 7 nitrogen and oxygen atoms in total. The molecule has 2 amide bonds. The van der Waals surface area contributed by atoms with Crippen LogP contribution in [0.4, 0.5) is 5.69 Å². The summed E-state index contributed by atoms with van der Waals surface area (Å²) in [6, 6.07) is 18.0. The molecule has 0 bridgehead atoms. The van der Waals surface area contributed by atoms with Crippen LogP contribution in [-0.4, -0.2) is 51.0 Å². The highest BCUT2D eigenvalue weighted by Crippen LogP contribution is 2.31. The molecular weight excluding hydrogens is 616 g/mol. The van der Waals surface area contributed by atoms with Crippen molar-refractivity contribution >= 4 is 73.9 Å². The highest BCUT2D eigenvalue weighted by Gasteiger charge is 2.31. The van der Waals surface area contributed by atoms with Gasteiger partial charge in [0, 0.05) is 53.6 Å². The van der Waals surface area contributed by atoms with Crippen LogP contribution >= 0.6 is 46.4 Å². The Balaban J connectivity index is 1.91. The first-order valence-electron chi connectivity index (χ1n) is 12.3. The average molecular weight is 645 g/mol. The lowest BCUT2D eigenvalue weighted by atomic mass is 10.0. The number of nitrogens with one attached hydrogen (secondary N) is 1. The van der Waals surface area contributed by atoms with Gasteiger partial charge in [-0.3, -0.25) is 13.9 Å². The summed E-state index contributed by atoms with van der Waals surface area (Å²) in [5.74, 6) is -0.727. The number of likely N-dealkylation sites (N-methyl/N-ethyl adjacent to an activating group) is 1. The molecule has 0 radical (unpaired) electrons. The molecule has 0 heterocycles. The summed E-state index contributed by atoms with van der Waals surface area (Å²) in [5, 5.41) is 3.90. The van der Waals surface area contributed by atoms with E-state index in [1.54, 1.807) is 24.3 Å². The zero-order chi connectivity index (χ0) is 29.4. The largest absolute Gasteiger partial charge is 0.357 e. The van der Waals surface area contributed by atoms with Crippen molar-refractivity contribution in [2.75, 3.05) is 24.2 Å². The van der Waals surface area contributed by atoms with Gasteiger partial charge in [-0.15, -0.1) is 0 Å². The van der Waals surface area contributed by atoms with E-state index in [1.165, 1.54) is 24.1 Å². The molecule has 3 aromatic carbocycles. The number of hydrogen-bond donors (Lipinski definition) is 1. The number of anilines is 1. The van der Waals surface area contributed by atoms with Gasteiger partial charge in [0.1, 0.15) is 6.04 Å². The van der Waals surface area contributed by atoms with Crippen LogP contribution in [0, 0.1) is 0 Å². The van der Waals surface area contributed by atoms with Crippen LogP contribution in [0.25, 0.3) is 0 Å². The summed E-state index contributed by atoms with van der Waals surface area (Å²) < 4.78 is 26.3. The van der Waals surface area contributed by atoms with Gasteiger partial charge in [0.25, 0.3) is 0 Å². The highest BCUT2D eigenvalue weighted by atomic mass is 35.5. The lowest BCUT2D eigenvalue weighted by Crippen LogP contribution is -2.50. The lowest BCUT2D eigenvalue weighted by molar-refractivity contribution is -0.141. The first-order chi connectivity index (χ1) is 18.9. The average Bonchev–Trinajstić information content (AvgIpc) is 2.91. The molecule has 214 valence electrons. The Morgan fingerprint density at radius 2 is 1.55 bits per heavy atom. The van der Waals surface area contributed by atoms with E-state index in [0.29, 0.717) is 20.6 Å². The molecule has 12 heteroatoms. The molecule has 0 aliphatic rings. The van der Waals surface area contributed by atoms with Crippen LogP contribution in [0.5, 0.6) is 0 Å². The third kappa shape index (κ3) is 8.51. The van der Waals surface area contributed by atoms with Crippen molar-refractivity contribution in [3.8, 4) is 0 Å². The summed E-state index contributed by atoms with van der Waals surface area (Å²) in [6.45, 7) is -0.0488. The number of halogens is 4. The highest BCUT2D eigenvalue weighted by molar-refractivity contribution is 7.92. The summed E-state index contributed by atoms with van der Waals surface area (Å²) in [5.41, 5.74) is 1.58. The second-order valence-electron chi connectivity index (χ2n) is 9.08. The number of rotatable bonds is 12. The second-order valence-corrected chi connectivity index (χ2v) is 12.6. The van der Waals surface area contributed by atoms with Crippen LogP contribution in [0.1, 0.15) is 24.0 Å². The van der Waals surface area contributed by atoms with Gasteiger partial charge in [0.05, 0.1) is 17.0 Å². The van der Waals surface area contributed by atoms with Gasteiger partial charge in [-0.1, -0.05) is 82.8 Å². The Bertz CT molecular complexity index is 1430. The van der Waals surface area contributed by atoms with Crippen molar-refractivity contribution in [1.82, 2.24) is 10.2 Å². The first-order valence-corrected chi connectivity index (χ1v) is 15.7. The van der Waals surface area contributed by atoms with Crippen LogP contribution < -0.4 is 9.62 Å². The number of nitrogens with zero attached hydrogens (tertiary/aromatic N) is 2. The van der Waals surface area contributed by atoms with Crippen LogP contribution in [0.2, 0.25) is 20.1 Å². The zero-order valence-electron chi connectivity index (χ0n) is 21.9. The number of amides is 2. The summed E-state index contributed by atoms with van der Waals surface area (Å²) in [7, 11) is -2.24. The minimum atomic E-state index is -3.74. The van der Waals surface area contributed by atoms with Crippen molar-refractivity contribution in [2.45, 2.75) is 31.8 Å². The number of hydrogen-bond acceptors (Lipinski definition) is 4. The Morgan fingerprint density at radius 3 is 2.15 bits per heavy atom. The predicted molar refractivity (Wildman–Crippen MR) is 163 cm³/mol. The molecule has 1 atom stereocenters. The van der Waals surface area contributed by atoms with Gasteiger partial charge in [0.15, 0.2) is 0 Å². The van der Waals surface area contributed by atoms with Crippen molar-refractivity contribution in [3.63, 3.8) is 0 Å². The van der Waals surface area contributed by atoms with E-state index < -0.39 is 16.1 Å². The molecular formula is C28H29Cl4N3O4S. The molecule has 0 saturated heterocycles. The van der Waals surface area contributed by atoms with E-state index in [4.69, 9.17) is 46.4 Å². The number of sulfonamides is 1. The lowest BCUT2D eigenvalue weighted by Gasteiger charge is -2.32. The normalized spacial score (nSPS) is 12.1. The second kappa shape index (κ2) is 14.4. The molecule has 0 aliphatic heterocycles. The Hall–Kier alpha value is -2.49. The Morgan fingerprint density at radius 1 is 0.900 bits per heavy atom. The van der Waals surface area contributed by atoms with E-state index in [1.807, 2.05) is 30.3 Å². The predicted octanol–water partition coefficient (Wildman–Crippen LogP) is 6.23. The van der Waals surface area contributed by atoms with Crippen molar-refractivity contribution in [3.05, 3.63) is 97.9 Å². The SMILES string of the molecule is CNC(=O)[C@@H](Cc1ccccc1)N(Cc1c(Cl)cccc1Cl)C(=O)CCCN(c1cc(Cl)ccc1Cl)S(C)(=O)=O. The maximum Gasteiger partial charge on any atom is 0.242 e. The Labute approximate surface area is 255 Å². The number of carbonyl (C=O) groups is 2. The van der Waals surface area contributed by atoms with Crippen molar-refractivity contribution in [2.24, 2.45) is 0 Å².